The number of rotatable bonds is 13. The molecule has 3 N–H and O–H groups in total. The normalized spacial score (nSPS) is 50.3. The molecule has 4 saturated heterocycles. The maximum absolute atomic E-state index is 13.7. The molecule has 0 aromatic rings. The molecular weight excluding hydrogens is 893 g/mol. The Morgan fingerprint density at radius 3 is 1.88 bits per heavy atom. The van der Waals surface area contributed by atoms with E-state index in [2.05, 4.69) is 19.9 Å². The number of carbonyl (C=O) groups excluding carboxylic acids is 2. The minimum atomic E-state index is -0.972. The van der Waals surface area contributed by atoms with Crippen LogP contribution in [0.3, 0.4) is 0 Å². The van der Waals surface area contributed by atoms with Crippen LogP contribution in [0, 0.1) is 34.5 Å². The van der Waals surface area contributed by atoms with Gasteiger partial charge in [0.2, 0.25) is 0 Å². The van der Waals surface area contributed by atoms with Crippen LogP contribution in [0.5, 0.6) is 0 Å². The minimum absolute atomic E-state index is 0.0318. The lowest BCUT2D eigenvalue weighted by Gasteiger charge is -2.62. The highest BCUT2D eigenvalue weighted by atomic mass is 16.7. The molecule has 8 rings (SSSR count). The van der Waals surface area contributed by atoms with Crippen LogP contribution >= 0.6 is 0 Å². The number of ketones is 1. The summed E-state index contributed by atoms with van der Waals surface area (Å²) in [7, 11) is 4.88. The number of aliphatic hydroxyl groups is 3. The molecule has 392 valence electrons. The average Bonchev–Trinajstić information content (AvgIpc) is 3.60. The predicted molar refractivity (Wildman–Crippen MR) is 250 cm³/mol. The molecule has 16 nitrogen and oxygen atoms in total. The van der Waals surface area contributed by atoms with Crippen molar-refractivity contribution in [1.82, 2.24) is 0 Å². The zero-order valence-electron chi connectivity index (χ0n) is 43.2. The summed E-state index contributed by atoms with van der Waals surface area (Å²) in [6.07, 6.45) is 1.46. The smallest absolute Gasteiger partial charge is 0.333 e. The number of hydrogen-bond acceptors (Lipinski definition) is 16. The molecule has 7 fully saturated rings. The Morgan fingerprint density at radius 2 is 1.28 bits per heavy atom. The summed E-state index contributed by atoms with van der Waals surface area (Å²) < 4.78 is 69.3. The Kier molecular flexibility index (Phi) is 16.4. The molecule has 0 aromatic heterocycles. The summed E-state index contributed by atoms with van der Waals surface area (Å²) in [6.45, 7) is 17.2. The number of methoxy groups -OCH3 is 3. The zero-order valence-corrected chi connectivity index (χ0v) is 43.2. The first-order valence-electron chi connectivity index (χ1n) is 26.0. The summed E-state index contributed by atoms with van der Waals surface area (Å²) >= 11 is 0. The fourth-order valence-electron chi connectivity index (χ4n) is 14.6. The van der Waals surface area contributed by atoms with Gasteiger partial charge in [-0.25, -0.2) is 4.79 Å². The third-order valence-corrected chi connectivity index (χ3v) is 18.8. The van der Waals surface area contributed by atoms with E-state index >= 15 is 0 Å². The van der Waals surface area contributed by atoms with Gasteiger partial charge in [-0.3, -0.25) is 4.79 Å². The van der Waals surface area contributed by atoms with E-state index in [-0.39, 0.29) is 60.2 Å². The van der Waals surface area contributed by atoms with Gasteiger partial charge in [0.05, 0.1) is 60.5 Å². The highest BCUT2D eigenvalue weighted by molar-refractivity contribution is 5.87. The third-order valence-electron chi connectivity index (χ3n) is 18.8. The minimum Gasteiger partial charge on any atom is -0.458 e. The van der Waals surface area contributed by atoms with Gasteiger partial charge in [0.15, 0.2) is 18.9 Å². The van der Waals surface area contributed by atoms with E-state index in [1.54, 1.807) is 48.2 Å². The van der Waals surface area contributed by atoms with E-state index in [9.17, 15) is 24.9 Å². The monoisotopic (exact) mass is 977 g/mol. The van der Waals surface area contributed by atoms with Crippen molar-refractivity contribution in [2.75, 3.05) is 21.3 Å². The molecule has 69 heavy (non-hydrogen) atoms. The van der Waals surface area contributed by atoms with Gasteiger partial charge < -0.3 is 67.4 Å². The molecule has 0 spiro atoms. The zero-order chi connectivity index (χ0) is 49.9. The standard InChI is InChI=1S/C53H84O16/c1-13-26(2)50(57)66-42-21-32(20-33-14-15-36-35(52(33,42)9)16-18-51(8)34(27(3)54)17-19-53(36,51)58)38-23-40(60-11)48(30(6)62-38)69-45-25-41(61-12)49(31(7)65-45)68-43-22-37(55)47(29(5)64-43)67-44-24-39(59-10)46(56)28(4)63-44/h13-14,28-32,34-49,55-56,58H,15-25H2,1-12H3/b26-13+/t28-,29-,30-,31-,32-,34+,35+,36-,37+,38-,39-,40+,41+,42-,43+,44+,45+,46-,47-,48-,49-,51-,52+,53+/m1/s1. The molecule has 4 aliphatic heterocycles. The number of carbonyl (C=O) groups is 2. The Morgan fingerprint density at radius 1 is 0.710 bits per heavy atom. The number of hydrogen-bond donors (Lipinski definition) is 3. The van der Waals surface area contributed by atoms with Crippen LogP contribution < -0.4 is 0 Å². The summed E-state index contributed by atoms with van der Waals surface area (Å²) in [5.74, 6) is -0.232. The number of aliphatic hydroxyl groups excluding tert-OH is 2. The van der Waals surface area contributed by atoms with Gasteiger partial charge in [-0.15, -0.1) is 0 Å². The van der Waals surface area contributed by atoms with Gasteiger partial charge in [-0.05, 0) is 111 Å². The molecule has 4 aliphatic carbocycles. The molecule has 0 unspecified atom stereocenters. The van der Waals surface area contributed by atoms with Crippen LogP contribution in [0.15, 0.2) is 23.3 Å². The number of fused-ring (bicyclic) bond motifs is 5. The third kappa shape index (κ3) is 9.84. The number of esters is 1. The second-order valence-electron chi connectivity index (χ2n) is 22.4. The first-order valence-corrected chi connectivity index (χ1v) is 26.0. The molecular formula is C53H84O16. The van der Waals surface area contributed by atoms with Crippen molar-refractivity contribution in [2.24, 2.45) is 34.5 Å². The molecule has 0 amide bonds. The lowest BCUT2D eigenvalue weighted by molar-refractivity contribution is -0.342. The van der Waals surface area contributed by atoms with Gasteiger partial charge in [0.25, 0.3) is 0 Å². The predicted octanol–water partition coefficient (Wildman–Crippen LogP) is 5.88. The van der Waals surface area contributed by atoms with Crippen molar-refractivity contribution >= 4 is 11.8 Å². The highest BCUT2D eigenvalue weighted by Crippen LogP contribution is 2.69. The van der Waals surface area contributed by atoms with Crippen molar-refractivity contribution in [3.63, 3.8) is 0 Å². The van der Waals surface area contributed by atoms with E-state index in [0.29, 0.717) is 44.1 Å². The molecule has 8 aliphatic rings. The molecule has 0 bridgehead atoms. The van der Waals surface area contributed by atoms with Crippen LogP contribution in [0.2, 0.25) is 0 Å². The maximum Gasteiger partial charge on any atom is 0.333 e. The van der Waals surface area contributed by atoms with Crippen molar-refractivity contribution in [1.29, 1.82) is 0 Å². The largest absolute Gasteiger partial charge is 0.458 e. The topological polar surface area (TPSA) is 196 Å². The van der Waals surface area contributed by atoms with Gasteiger partial charge in [0, 0.05) is 69.3 Å². The second-order valence-corrected chi connectivity index (χ2v) is 22.4. The van der Waals surface area contributed by atoms with Gasteiger partial charge >= 0.3 is 5.97 Å². The Balaban J connectivity index is 0.907. The van der Waals surface area contributed by atoms with Crippen molar-refractivity contribution in [3.8, 4) is 0 Å². The Bertz CT molecular complexity index is 1860. The van der Waals surface area contributed by atoms with Crippen LogP contribution in [0.25, 0.3) is 0 Å². The van der Waals surface area contributed by atoms with E-state index < -0.39 is 102 Å². The summed E-state index contributed by atoms with van der Waals surface area (Å²) in [5, 5.41) is 34.4. The molecule has 24 atom stereocenters. The first kappa shape index (κ1) is 53.4. The Hall–Kier alpha value is -1.90. The fourth-order valence-corrected chi connectivity index (χ4v) is 14.6. The maximum atomic E-state index is 13.7. The SMILES string of the molecule is C/C=C(\C)C(=O)O[C@@H]1C[C@H]([C@H]2C[C@H](OC)[C@H](O[C@H]3C[C@H](OC)[C@H](O[C@H]4C[C@H](O)[C@H](O[C@H]5C[C@@H](OC)[C@H](O)[C@@H](C)O5)[C@@H](C)O4)[C@@H](C)O3)[C@@H](C)O2)CC2=CC[C@@H]3[C@H](CC[C@]4(C)[C@H](C(C)=O)CC[C@]34O)[C@]21C. The van der Waals surface area contributed by atoms with Crippen molar-refractivity contribution in [2.45, 2.75) is 243 Å². The van der Waals surface area contributed by atoms with Crippen LogP contribution in [0.4, 0.5) is 0 Å². The first-order chi connectivity index (χ1) is 32.7. The van der Waals surface area contributed by atoms with E-state index in [4.69, 9.17) is 52.1 Å². The van der Waals surface area contributed by atoms with E-state index in [1.165, 1.54) is 5.57 Å². The quantitative estimate of drug-likeness (QED) is 0.112. The Labute approximate surface area is 409 Å². The second kappa shape index (κ2) is 21.1. The average molecular weight is 977 g/mol. The van der Waals surface area contributed by atoms with E-state index in [0.717, 1.165) is 25.7 Å². The molecule has 0 aromatic carbocycles. The van der Waals surface area contributed by atoms with Gasteiger partial charge in [-0.1, -0.05) is 31.6 Å². The molecule has 16 heteroatoms. The molecule has 4 heterocycles. The summed E-state index contributed by atoms with van der Waals surface area (Å²) in [4.78, 5) is 26.6. The van der Waals surface area contributed by atoms with Crippen LogP contribution in [-0.2, 0) is 61.7 Å². The van der Waals surface area contributed by atoms with Gasteiger partial charge in [-0.2, -0.15) is 0 Å². The fraction of sp³-hybridized carbons (Fsp3) is 0.887. The van der Waals surface area contributed by atoms with Crippen molar-refractivity contribution < 1.29 is 77.0 Å². The van der Waals surface area contributed by atoms with Crippen LogP contribution in [0.1, 0.15) is 133 Å². The summed E-state index contributed by atoms with van der Waals surface area (Å²) in [5.41, 5.74) is -0.115. The van der Waals surface area contributed by atoms with Crippen LogP contribution in [-0.4, -0.2) is 158 Å². The highest BCUT2D eigenvalue weighted by Gasteiger charge is 2.69. The lowest BCUT2D eigenvalue weighted by atomic mass is 9.44. The summed E-state index contributed by atoms with van der Waals surface area (Å²) in [6, 6.07) is 0. The van der Waals surface area contributed by atoms with E-state index in [1.807, 2.05) is 27.7 Å². The van der Waals surface area contributed by atoms with Crippen molar-refractivity contribution in [3.05, 3.63) is 23.3 Å². The van der Waals surface area contributed by atoms with Gasteiger partial charge in [0.1, 0.15) is 36.3 Å². The number of ether oxygens (including phenoxy) is 11. The number of Topliss-reactive ketones (excluding diaryl/α,β-unsaturated/α-hetero) is 1. The molecule has 3 saturated carbocycles. The number of allylic oxidation sites excluding steroid dienone is 2. The molecule has 0 radical (unpaired) electrons. The lowest BCUT2D eigenvalue weighted by Crippen LogP contribution is -2.63.